The monoisotopic (exact) mass is 371 g/mol. The second-order valence-corrected chi connectivity index (χ2v) is 6.51. The molecular weight excluding hydrogens is 350 g/mol. The molecule has 0 radical (unpaired) electrons. The molecule has 1 aromatic heterocycles. The lowest BCUT2D eigenvalue weighted by Gasteiger charge is -2.12. The van der Waals surface area contributed by atoms with Crippen molar-refractivity contribution in [3.8, 4) is 11.4 Å². The van der Waals surface area contributed by atoms with E-state index in [0.717, 1.165) is 24.2 Å². The van der Waals surface area contributed by atoms with Crippen LogP contribution in [0.4, 0.5) is 5.69 Å². The normalized spacial score (nSPS) is 14.3. The number of nitrogens with one attached hydrogen (secondary N) is 3. The van der Waals surface area contributed by atoms with E-state index in [-0.39, 0.29) is 6.42 Å². The summed E-state index contributed by atoms with van der Waals surface area (Å²) in [4.78, 5) is 39.7. The van der Waals surface area contributed by atoms with Crippen molar-refractivity contribution < 1.29 is 19.1 Å². The Labute approximate surface area is 155 Å². The Morgan fingerprint density at radius 1 is 1.30 bits per heavy atom. The van der Waals surface area contributed by atoms with E-state index in [4.69, 9.17) is 0 Å². The zero-order valence-electron chi connectivity index (χ0n) is 15.1. The molecule has 0 bridgehead atoms. The summed E-state index contributed by atoms with van der Waals surface area (Å²) < 4.78 is 4.53. The summed E-state index contributed by atoms with van der Waals surface area (Å²) in [6.45, 7) is 1.61. The van der Waals surface area contributed by atoms with Gasteiger partial charge in [-0.15, -0.1) is 0 Å². The van der Waals surface area contributed by atoms with Crippen molar-refractivity contribution >= 4 is 23.5 Å². The lowest BCUT2D eigenvalue weighted by atomic mass is 10.2. The Hall–Kier alpha value is -3.23. The maximum atomic E-state index is 12.1. The highest BCUT2D eigenvalue weighted by Crippen LogP contribution is 2.38. The number of aromatic amines is 1. The van der Waals surface area contributed by atoms with Crippen LogP contribution in [0.25, 0.3) is 11.4 Å². The maximum absolute atomic E-state index is 12.1. The molecule has 3 rings (SSSR count). The summed E-state index contributed by atoms with van der Waals surface area (Å²) in [6.07, 6.45) is 2.22. The Morgan fingerprint density at radius 3 is 2.78 bits per heavy atom. The minimum atomic E-state index is -0.828. The van der Waals surface area contributed by atoms with E-state index in [0.29, 0.717) is 17.4 Å². The van der Waals surface area contributed by atoms with Crippen molar-refractivity contribution in [2.45, 2.75) is 38.1 Å². The van der Waals surface area contributed by atoms with Crippen molar-refractivity contribution in [1.29, 1.82) is 0 Å². The predicted octanol–water partition coefficient (Wildman–Crippen LogP) is 1.36. The first-order valence-electron chi connectivity index (χ1n) is 8.67. The number of carbonyl (C=O) groups excluding carboxylic acids is 3. The number of benzene rings is 1. The number of hydrogen-bond donors (Lipinski definition) is 3. The SMILES string of the molecule is COC(=O)CC(C)NC(=O)C(=O)Nc1cccc(-c2n[nH]c(C3CC3)n2)c1. The van der Waals surface area contributed by atoms with Crippen LogP contribution in [0.2, 0.25) is 0 Å². The zero-order chi connectivity index (χ0) is 19.4. The molecule has 1 aromatic carbocycles. The number of methoxy groups -OCH3 is 1. The molecule has 1 atom stereocenters. The lowest BCUT2D eigenvalue weighted by Crippen LogP contribution is -2.41. The molecule has 1 aliphatic carbocycles. The molecule has 9 heteroatoms. The van der Waals surface area contributed by atoms with Gasteiger partial charge in [-0.1, -0.05) is 12.1 Å². The summed E-state index contributed by atoms with van der Waals surface area (Å²) in [5.41, 5.74) is 1.18. The van der Waals surface area contributed by atoms with Gasteiger partial charge in [0.25, 0.3) is 0 Å². The third kappa shape index (κ3) is 4.90. The van der Waals surface area contributed by atoms with Crippen LogP contribution in [0.15, 0.2) is 24.3 Å². The standard InChI is InChI=1S/C18H21N5O4/c1-10(8-14(24)27-2)19-17(25)18(26)20-13-5-3-4-12(9-13)16-21-15(22-23-16)11-6-7-11/h3-5,9-11H,6-8H2,1-2H3,(H,19,25)(H,20,26)(H,21,22,23). The van der Waals surface area contributed by atoms with Gasteiger partial charge in [0.15, 0.2) is 5.82 Å². The van der Waals surface area contributed by atoms with Crippen LogP contribution in [0.5, 0.6) is 0 Å². The lowest BCUT2D eigenvalue weighted by molar-refractivity contribution is -0.142. The molecule has 2 aromatic rings. The fraction of sp³-hybridized carbons (Fsp3) is 0.389. The number of rotatable bonds is 6. The van der Waals surface area contributed by atoms with Gasteiger partial charge in [0.2, 0.25) is 0 Å². The third-order valence-electron chi connectivity index (χ3n) is 4.13. The highest BCUT2D eigenvalue weighted by Gasteiger charge is 2.27. The van der Waals surface area contributed by atoms with Gasteiger partial charge < -0.3 is 15.4 Å². The second-order valence-electron chi connectivity index (χ2n) is 6.51. The maximum Gasteiger partial charge on any atom is 0.313 e. The van der Waals surface area contributed by atoms with E-state index >= 15 is 0 Å². The fourth-order valence-electron chi connectivity index (χ4n) is 2.54. The number of carbonyl (C=O) groups is 3. The van der Waals surface area contributed by atoms with Crippen LogP contribution in [0.1, 0.15) is 37.9 Å². The summed E-state index contributed by atoms with van der Waals surface area (Å²) in [5.74, 6) is -0.233. The second kappa shape index (κ2) is 7.98. The number of aromatic nitrogens is 3. The van der Waals surface area contributed by atoms with E-state index < -0.39 is 23.8 Å². The highest BCUT2D eigenvalue weighted by atomic mass is 16.5. The van der Waals surface area contributed by atoms with Gasteiger partial charge in [-0.05, 0) is 31.9 Å². The molecule has 1 fully saturated rings. The average Bonchev–Trinajstić information content (AvgIpc) is 3.38. The summed E-state index contributed by atoms with van der Waals surface area (Å²) in [7, 11) is 1.26. The fourth-order valence-corrected chi connectivity index (χ4v) is 2.54. The van der Waals surface area contributed by atoms with Crippen molar-refractivity contribution in [3.63, 3.8) is 0 Å². The van der Waals surface area contributed by atoms with Crippen LogP contribution >= 0.6 is 0 Å². The van der Waals surface area contributed by atoms with Crippen LogP contribution < -0.4 is 10.6 Å². The Kier molecular flexibility index (Phi) is 5.49. The van der Waals surface area contributed by atoms with E-state index in [1.54, 1.807) is 25.1 Å². The Bertz CT molecular complexity index is 859. The minimum Gasteiger partial charge on any atom is -0.469 e. The highest BCUT2D eigenvalue weighted by molar-refractivity contribution is 6.39. The molecule has 0 aliphatic heterocycles. The molecule has 27 heavy (non-hydrogen) atoms. The summed E-state index contributed by atoms with van der Waals surface area (Å²) in [5, 5.41) is 12.1. The van der Waals surface area contributed by atoms with E-state index in [9.17, 15) is 14.4 Å². The van der Waals surface area contributed by atoms with Crippen molar-refractivity contribution in [2.24, 2.45) is 0 Å². The number of hydrogen-bond acceptors (Lipinski definition) is 6. The first-order valence-corrected chi connectivity index (χ1v) is 8.67. The molecular formula is C18H21N5O4. The molecule has 1 heterocycles. The summed E-state index contributed by atoms with van der Waals surface area (Å²) in [6, 6.07) is 6.42. The first-order chi connectivity index (χ1) is 13.0. The van der Waals surface area contributed by atoms with E-state index in [1.165, 1.54) is 7.11 Å². The molecule has 0 spiro atoms. The van der Waals surface area contributed by atoms with Crippen molar-refractivity contribution in [2.75, 3.05) is 12.4 Å². The van der Waals surface area contributed by atoms with E-state index in [2.05, 4.69) is 30.6 Å². The average molecular weight is 371 g/mol. The predicted molar refractivity (Wildman–Crippen MR) is 96.7 cm³/mol. The van der Waals surface area contributed by atoms with Crippen LogP contribution in [-0.2, 0) is 19.1 Å². The summed E-state index contributed by atoms with van der Waals surface area (Å²) >= 11 is 0. The molecule has 3 N–H and O–H groups in total. The molecule has 1 unspecified atom stereocenters. The van der Waals surface area contributed by atoms with Crippen LogP contribution in [-0.4, -0.2) is 46.1 Å². The van der Waals surface area contributed by atoms with Gasteiger partial charge >= 0.3 is 17.8 Å². The minimum absolute atomic E-state index is 0.0147. The van der Waals surface area contributed by atoms with Gasteiger partial charge in [0, 0.05) is 23.2 Å². The van der Waals surface area contributed by atoms with Crippen LogP contribution in [0, 0.1) is 0 Å². The van der Waals surface area contributed by atoms with Gasteiger partial charge in [-0.3, -0.25) is 19.5 Å². The zero-order valence-corrected chi connectivity index (χ0v) is 15.1. The molecule has 2 amide bonds. The largest absolute Gasteiger partial charge is 0.469 e. The van der Waals surface area contributed by atoms with Crippen molar-refractivity contribution in [1.82, 2.24) is 20.5 Å². The number of H-pyrrole nitrogens is 1. The van der Waals surface area contributed by atoms with Crippen LogP contribution in [0.3, 0.4) is 0 Å². The Morgan fingerprint density at radius 2 is 2.07 bits per heavy atom. The number of ether oxygens (including phenoxy) is 1. The van der Waals surface area contributed by atoms with E-state index in [1.807, 2.05) is 6.07 Å². The number of amides is 2. The molecule has 0 saturated heterocycles. The smallest absolute Gasteiger partial charge is 0.313 e. The molecule has 1 saturated carbocycles. The van der Waals surface area contributed by atoms with Gasteiger partial charge in [-0.2, -0.15) is 5.10 Å². The topological polar surface area (TPSA) is 126 Å². The number of anilines is 1. The third-order valence-corrected chi connectivity index (χ3v) is 4.13. The van der Waals surface area contributed by atoms with Gasteiger partial charge in [-0.25, -0.2) is 4.98 Å². The quantitative estimate of drug-likeness (QED) is 0.520. The van der Waals surface area contributed by atoms with Crippen molar-refractivity contribution in [3.05, 3.63) is 30.1 Å². The molecule has 142 valence electrons. The number of esters is 1. The molecule has 9 nitrogen and oxygen atoms in total. The first kappa shape index (κ1) is 18.6. The number of nitrogens with zero attached hydrogens (tertiary/aromatic N) is 2. The van der Waals surface area contributed by atoms with Gasteiger partial charge in [0.1, 0.15) is 5.82 Å². The molecule has 1 aliphatic rings. The van der Waals surface area contributed by atoms with Gasteiger partial charge in [0.05, 0.1) is 13.5 Å². The Balaban J connectivity index is 1.60.